The van der Waals surface area contributed by atoms with Crippen LogP contribution in [-0.2, 0) is 4.79 Å². The average molecular weight is 386 g/mol. The molecule has 4 aromatic rings. The van der Waals surface area contributed by atoms with Crippen LogP contribution in [0.3, 0.4) is 0 Å². The van der Waals surface area contributed by atoms with Crippen LogP contribution >= 0.6 is 11.8 Å². The number of carbonyl (C=O) groups is 1. The molecule has 4 nitrogen and oxygen atoms in total. The van der Waals surface area contributed by atoms with E-state index in [2.05, 4.69) is 10.2 Å². The molecule has 1 N–H and O–H groups in total. The van der Waals surface area contributed by atoms with Gasteiger partial charge < -0.3 is 5.11 Å². The number of aliphatic carboxylic acids is 1. The molecule has 0 unspecified atom stereocenters. The van der Waals surface area contributed by atoms with Crippen LogP contribution in [0.5, 0.6) is 0 Å². The number of aryl methyl sites for hydroxylation is 1. The number of hydrogen-bond acceptors (Lipinski definition) is 4. The van der Waals surface area contributed by atoms with Gasteiger partial charge in [-0.15, -0.1) is 10.2 Å². The standard InChI is InChI=1S/C23H18N2O2S/c1-15-11-13-16(14-12-15)20-18-9-5-6-10-19(18)22(25-24-20)28-21(23(26)27)17-7-3-2-4-8-17/h2-14,21H,1H3,(H,26,27)/t21-/m0/s1. The van der Waals surface area contributed by atoms with Gasteiger partial charge in [-0.2, -0.15) is 0 Å². The number of benzene rings is 3. The third-order valence-electron chi connectivity index (χ3n) is 4.53. The van der Waals surface area contributed by atoms with Gasteiger partial charge in [0, 0.05) is 16.3 Å². The Labute approximate surface area is 167 Å². The molecule has 0 aliphatic heterocycles. The van der Waals surface area contributed by atoms with E-state index in [-0.39, 0.29) is 0 Å². The zero-order chi connectivity index (χ0) is 19.5. The monoisotopic (exact) mass is 386 g/mol. The van der Waals surface area contributed by atoms with E-state index in [9.17, 15) is 9.90 Å². The molecule has 1 aromatic heterocycles. The molecule has 28 heavy (non-hydrogen) atoms. The van der Waals surface area contributed by atoms with Crippen LogP contribution in [0.4, 0.5) is 0 Å². The summed E-state index contributed by atoms with van der Waals surface area (Å²) in [5, 5.41) is 20.3. The summed E-state index contributed by atoms with van der Waals surface area (Å²) >= 11 is 1.21. The van der Waals surface area contributed by atoms with Gasteiger partial charge in [0.2, 0.25) is 0 Å². The molecule has 0 bridgehead atoms. The number of rotatable bonds is 5. The van der Waals surface area contributed by atoms with Crippen LogP contribution in [0, 0.1) is 6.92 Å². The smallest absolute Gasteiger partial charge is 0.321 e. The average Bonchev–Trinajstić information content (AvgIpc) is 2.73. The zero-order valence-electron chi connectivity index (χ0n) is 15.2. The van der Waals surface area contributed by atoms with Crippen molar-refractivity contribution >= 4 is 28.5 Å². The Morgan fingerprint density at radius 2 is 1.50 bits per heavy atom. The molecular formula is C23H18N2O2S. The van der Waals surface area contributed by atoms with Crippen molar-refractivity contribution in [2.45, 2.75) is 17.2 Å². The van der Waals surface area contributed by atoms with Crippen LogP contribution in [0.15, 0.2) is 83.9 Å². The summed E-state index contributed by atoms with van der Waals surface area (Å²) in [5.41, 5.74) is 3.70. The first-order chi connectivity index (χ1) is 13.6. The van der Waals surface area contributed by atoms with Gasteiger partial charge in [-0.3, -0.25) is 4.79 Å². The first-order valence-corrected chi connectivity index (χ1v) is 9.78. The van der Waals surface area contributed by atoms with Gasteiger partial charge in [0.1, 0.15) is 16.0 Å². The molecule has 0 aliphatic carbocycles. The fraction of sp³-hybridized carbons (Fsp3) is 0.0870. The molecule has 0 aliphatic rings. The van der Waals surface area contributed by atoms with Gasteiger partial charge in [-0.1, -0.05) is 96.2 Å². The summed E-state index contributed by atoms with van der Waals surface area (Å²) in [7, 11) is 0. The van der Waals surface area contributed by atoms with Crippen LogP contribution in [0.1, 0.15) is 16.4 Å². The Morgan fingerprint density at radius 1 is 0.857 bits per heavy atom. The highest BCUT2D eigenvalue weighted by Crippen LogP contribution is 2.39. The second-order valence-corrected chi connectivity index (χ2v) is 7.61. The quantitative estimate of drug-likeness (QED) is 0.457. The van der Waals surface area contributed by atoms with E-state index in [4.69, 9.17) is 0 Å². The molecule has 1 heterocycles. The van der Waals surface area contributed by atoms with Crippen molar-refractivity contribution in [3.05, 3.63) is 90.0 Å². The van der Waals surface area contributed by atoms with Gasteiger partial charge in [0.25, 0.3) is 0 Å². The molecule has 3 aromatic carbocycles. The number of thioether (sulfide) groups is 1. The van der Waals surface area contributed by atoms with Crippen LogP contribution < -0.4 is 0 Å². The van der Waals surface area contributed by atoms with E-state index in [0.29, 0.717) is 5.03 Å². The number of hydrogen-bond donors (Lipinski definition) is 1. The van der Waals surface area contributed by atoms with Crippen molar-refractivity contribution in [2.24, 2.45) is 0 Å². The van der Waals surface area contributed by atoms with Gasteiger partial charge >= 0.3 is 5.97 Å². The molecule has 0 saturated heterocycles. The zero-order valence-corrected chi connectivity index (χ0v) is 16.1. The molecule has 1 atom stereocenters. The highest BCUT2D eigenvalue weighted by molar-refractivity contribution is 8.00. The lowest BCUT2D eigenvalue weighted by molar-refractivity contribution is -0.136. The van der Waals surface area contributed by atoms with Crippen molar-refractivity contribution in [1.82, 2.24) is 10.2 Å². The Hall–Kier alpha value is -3.18. The van der Waals surface area contributed by atoms with Gasteiger partial charge in [-0.05, 0) is 12.5 Å². The van der Waals surface area contributed by atoms with E-state index >= 15 is 0 Å². The topological polar surface area (TPSA) is 63.1 Å². The highest BCUT2D eigenvalue weighted by Gasteiger charge is 2.23. The molecule has 5 heteroatoms. The fourth-order valence-corrected chi connectivity index (χ4v) is 4.10. The third-order valence-corrected chi connectivity index (χ3v) is 5.77. The Morgan fingerprint density at radius 3 is 2.18 bits per heavy atom. The lowest BCUT2D eigenvalue weighted by atomic mass is 10.0. The Bertz CT molecular complexity index is 1130. The Balaban J connectivity index is 1.79. The first-order valence-electron chi connectivity index (χ1n) is 8.90. The van der Waals surface area contributed by atoms with E-state index in [1.807, 2.05) is 85.8 Å². The van der Waals surface area contributed by atoms with E-state index in [0.717, 1.165) is 27.6 Å². The summed E-state index contributed by atoms with van der Waals surface area (Å²) in [4.78, 5) is 11.9. The maximum absolute atomic E-state index is 11.9. The number of fused-ring (bicyclic) bond motifs is 1. The normalized spacial score (nSPS) is 12.0. The predicted molar refractivity (Wildman–Crippen MR) is 112 cm³/mol. The van der Waals surface area contributed by atoms with E-state index < -0.39 is 11.2 Å². The molecular weight excluding hydrogens is 368 g/mol. The number of carboxylic acids is 1. The van der Waals surface area contributed by atoms with Crippen molar-refractivity contribution in [3.63, 3.8) is 0 Å². The molecule has 0 fully saturated rings. The lowest BCUT2D eigenvalue weighted by Crippen LogP contribution is -2.08. The summed E-state index contributed by atoms with van der Waals surface area (Å²) in [5.74, 6) is -0.898. The van der Waals surface area contributed by atoms with Crippen LogP contribution in [-0.4, -0.2) is 21.3 Å². The van der Waals surface area contributed by atoms with Crippen LogP contribution in [0.2, 0.25) is 0 Å². The van der Waals surface area contributed by atoms with Gasteiger partial charge in [0.05, 0.1) is 0 Å². The minimum atomic E-state index is -0.898. The van der Waals surface area contributed by atoms with Crippen molar-refractivity contribution in [1.29, 1.82) is 0 Å². The minimum Gasteiger partial charge on any atom is -0.480 e. The maximum Gasteiger partial charge on any atom is 0.321 e. The van der Waals surface area contributed by atoms with Crippen molar-refractivity contribution < 1.29 is 9.90 Å². The number of nitrogens with zero attached hydrogens (tertiary/aromatic N) is 2. The summed E-state index contributed by atoms with van der Waals surface area (Å²) in [6, 6.07) is 25.2. The third kappa shape index (κ3) is 3.62. The number of carboxylic acid groups (broad SMARTS) is 1. The van der Waals surface area contributed by atoms with E-state index in [1.165, 1.54) is 17.3 Å². The summed E-state index contributed by atoms with van der Waals surface area (Å²) in [6.07, 6.45) is 0. The number of aromatic nitrogens is 2. The maximum atomic E-state index is 11.9. The van der Waals surface area contributed by atoms with Gasteiger partial charge in [-0.25, -0.2) is 0 Å². The second-order valence-electron chi connectivity index (χ2n) is 6.51. The van der Waals surface area contributed by atoms with Crippen molar-refractivity contribution in [3.8, 4) is 11.3 Å². The second kappa shape index (κ2) is 7.82. The van der Waals surface area contributed by atoms with E-state index in [1.54, 1.807) is 0 Å². The summed E-state index contributed by atoms with van der Waals surface area (Å²) in [6.45, 7) is 2.04. The Kier molecular flexibility index (Phi) is 5.08. The largest absolute Gasteiger partial charge is 0.480 e. The van der Waals surface area contributed by atoms with Crippen LogP contribution in [0.25, 0.3) is 22.0 Å². The fourth-order valence-electron chi connectivity index (χ4n) is 3.09. The van der Waals surface area contributed by atoms with Crippen molar-refractivity contribution in [2.75, 3.05) is 0 Å². The highest BCUT2D eigenvalue weighted by atomic mass is 32.2. The first kappa shape index (κ1) is 18.2. The molecule has 138 valence electrons. The minimum absolute atomic E-state index is 0.614. The molecule has 0 saturated carbocycles. The van der Waals surface area contributed by atoms with Gasteiger partial charge in [0.15, 0.2) is 0 Å². The predicted octanol–water partition coefficient (Wildman–Crippen LogP) is 5.52. The lowest BCUT2D eigenvalue weighted by Gasteiger charge is -2.14. The molecule has 0 radical (unpaired) electrons. The molecule has 0 amide bonds. The SMILES string of the molecule is Cc1ccc(-c2nnc(S[C@H](C(=O)O)c3ccccc3)c3ccccc23)cc1. The molecule has 4 rings (SSSR count). The molecule has 0 spiro atoms. The summed E-state index contributed by atoms with van der Waals surface area (Å²) < 4.78 is 0.